The third kappa shape index (κ3) is 6.11. The quantitative estimate of drug-likeness (QED) is 0.673. The molecular weight excluding hydrogens is 274 g/mol. The molecule has 0 aliphatic carbocycles. The van der Waals surface area contributed by atoms with Crippen LogP contribution in [0.2, 0.25) is 0 Å². The van der Waals surface area contributed by atoms with E-state index < -0.39 is 17.9 Å². The van der Waals surface area contributed by atoms with Crippen LogP contribution in [0.1, 0.15) is 25.3 Å². The monoisotopic (exact) mass is 295 g/mol. The zero-order valence-corrected chi connectivity index (χ0v) is 12.3. The number of carbonyl (C=O) groups is 2. The van der Waals surface area contributed by atoms with E-state index in [-0.39, 0.29) is 6.54 Å². The molecule has 0 fully saturated rings. The molecule has 7 nitrogen and oxygen atoms in total. The van der Waals surface area contributed by atoms with Gasteiger partial charge in [-0.25, -0.2) is 9.78 Å². The molecule has 1 atom stereocenters. The maximum absolute atomic E-state index is 11.6. The highest BCUT2D eigenvalue weighted by Gasteiger charge is 2.16. The van der Waals surface area contributed by atoms with Crippen molar-refractivity contribution in [3.05, 3.63) is 23.9 Å². The summed E-state index contributed by atoms with van der Waals surface area (Å²) in [5.74, 6) is -0.938. The molecule has 0 bridgehead atoms. The van der Waals surface area contributed by atoms with E-state index in [1.54, 1.807) is 18.3 Å². The Balaban J connectivity index is 2.34. The van der Waals surface area contributed by atoms with E-state index in [9.17, 15) is 9.59 Å². The number of hydrogen-bond acceptors (Lipinski definition) is 4. The van der Waals surface area contributed by atoms with Gasteiger partial charge in [0.25, 0.3) is 0 Å². The molecule has 116 valence electrons. The van der Waals surface area contributed by atoms with Gasteiger partial charge in [0.2, 0.25) is 5.88 Å². The lowest BCUT2D eigenvalue weighted by Gasteiger charge is -2.13. The molecule has 1 unspecified atom stereocenters. The minimum Gasteiger partial charge on any atom is -0.481 e. The predicted octanol–water partition coefficient (Wildman–Crippen LogP) is 1.39. The van der Waals surface area contributed by atoms with Crippen LogP contribution in [-0.4, -0.2) is 35.7 Å². The van der Waals surface area contributed by atoms with E-state index in [2.05, 4.69) is 15.6 Å². The van der Waals surface area contributed by atoms with Crippen molar-refractivity contribution < 1.29 is 19.4 Å². The van der Waals surface area contributed by atoms with Crippen LogP contribution >= 0.6 is 0 Å². The number of hydrogen-bond donors (Lipinski definition) is 3. The van der Waals surface area contributed by atoms with Gasteiger partial charge in [-0.3, -0.25) is 4.79 Å². The zero-order chi connectivity index (χ0) is 15.7. The smallest absolute Gasteiger partial charge is 0.315 e. The first-order chi connectivity index (χ1) is 10.1. The van der Waals surface area contributed by atoms with E-state index in [1.165, 1.54) is 7.11 Å². The number of nitrogens with zero attached hydrogens (tertiary/aromatic N) is 1. The normalized spacial score (nSPS) is 11.5. The highest BCUT2D eigenvalue weighted by molar-refractivity contribution is 5.75. The maximum Gasteiger partial charge on any atom is 0.315 e. The maximum atomic E-state index is 11.6. The Hall–Kier alpha value is -2.31. The molecule has 1 rings (SSSR count). The second-order valence-corrected chi connectivity index (χ2v) is 4.60. The van der Waals surface area contributed by atoms with Crippen LogP contribution in [0.25, 0.3) is 0 Å². The van der Waals surface area contributed by atoms with Gasteiger partial charge >= 0.3 is 12.0 Å². The first-order valence-corrected chi connectivity index (χ1v) is 6.80. The largest absolute Gasteiger partial charge is 0.481 e. The van der Waals surface area contributed by atoms with E-state index in [0.29, 0.717) is 18.8 Å². The summed E-state index contributed by atoms with van der Waals surface area (Å²) < 4.78 is 4.94. The fourth-order valence-electron chi connectivity index (χ4n) is 1.76. The van der Waals surface area contributed by atoms with Crippen molar-refractivity contribution in [2.75, 3.05) is 13.7 Å². The highest BCUT2D eigenvalue weighted by atomic mass is 16.5. The van der Waals surface area contributed by atoms with Gasteiger partial charge in [0.05, 0.1) is 13.0 Å². The molecule has 1 heterocycles. The van der Waals surface area contributed by atoms with E-state index >= 15 is 0 Å². The molecule has 0 aliphatic rings. The third-order valence-corrected chi connectivity index (χ3v) is 2.96. The van der Waals surface area contributed by atoms with Crippen molar-refractivity contribution in [2.45, 2.75) is 26.3 Å². The molecule has 0 spiro atoms. The molecule has 21 heavy (non-hydrogen) atoms. The first kappa shape index (κ1) is 16.7. The Morgan fingerprint density at radius 3 is 2.67 bits per heavy atom. The fraction of sp³-hybridized carbons (Fsp3) is 0.500. The second kappa shape index (κ2) is 8.78. The molecule has 0 saturated carbocycles. The van der Waals surface area contributed by atoms with Gasteiger partial charge in [0.15, 0.2) is 0 Å². The summed E-state index contributed by atoms with van der Waals surface area (Å²) in [6.45, 7) is 2.34. The molecule has 7 heteroatoms. The molecule has 0 radical (unpaired) electrons. The number of nitrogens with one attached hydrogen (secondary N) is 2. The Kier molecular flexibility index (Phi) is 7.00. The van der Waals surface area contributed by atoms with E-state index in [1.807, 2.05) is 6.92 Å². The summed E-state index contributed by atoms with van der Waals surface area (Å²) >= 11 is 0. The van der Waals surface area contributed by atoms with Gasteiger partial charge in [0.1, 0.15) is 0 Å². The summed E-state index contributed by atoms with van der Waals surface area (Å²) in [6, 6.07) is 3.10. The van der Waals surface area contributed by atoms with Gasteiger partial charge in [-0.15, -0.1) is 0 Å². The number of urea groups is 1. The number of aromatic nitrogens is 1. The lowest BCUT2D eigenvalue weighted by Crippen LogP contribution is -2.39. The van der Waals surface area contributed by atoms with Crippen LogP contribution < -0.4 is 15.4 Å². The molecular formula is C14H21N3O4. The summed E-state index contributed by atoms with van der Waals surface area (Å²) in [7, 11) is 1.53. The summed E-state index contributed by atoms with van der Waals surface area (Å²) in [5, 5.41) is 14.2. The molecule has 0 aromatic carbocycles. The highest BCUT2D eigenvalue weighted by Crippen LogP contribution is 2.06. The molecule has 3 N–H and O–H groups in total. The third-order valence-electron chi connectivity index (χ3n) is 2.96. The van der Waals surface area contributed by atoms with Crippen LogP contribution in [0.4, 0.5) is 4.79 Å². The van der Waals surface area contributed by atoms with Crippen LogP contribution in [0.5, 0.6) is 5.88 Å². The van der Waals surface area contributed by atoms with Crippen molar-refractivity contribution in [2.24, 2.45) is 5.92 Å². The SMILES string of the molecule is CCCC(CNC(=O)NCc1ccc(OC)nc1)C(=O)O. The van der Waals surface area contributed by atoms with Gasteiger partial charge < -0.3 is 20.5 Å². The lowest BCUT2D eigenvalue weighted by molar-refractivity contribution is -0.141. The lowest BCUT2D eigenvalue weighted by atomic mass is 10.0. The Bertz CT molecular complexity index is 462. The fourth-order valence-corrected chi connectivity index (χ4v) is 1.76. The summed E-state index contributed by atoms with van der Waals surface area (Å²) in [5.41, 5.74) is 0.828. The second-order valence-electron chi connectivity index (χ2n) is 4.60. The Morgan fingerprint density at radius 2 is 2.14 bits per heavy atom. The number of carboxylic acids is 1. The minimum atomic E-state index is -0.892. The van der Waals surface area contributed by atoms with Crippen molar-refractivity contribution >= 4 is 12.0 Å². The van der Waals surface area contributed by atoms with Crippen LogP contribution in [0.3, 0.4) is 0 Å². The van der Waals surface area contributed by atoms with Crippen molar-refractivity contribution in [3.8, 4) is 5.88 Å². The first-order valence-electron chi connectivity index (χ1n) is 6.80. The van der Waals surface area contributed by atoms with Crippen molar-refractivity contribution in [1.82, 2.24) is 15.6 Å². The number of amides is 2. The minimum absolute atomic E-state index is 0.121. The van der Waals surface area contributed by atoms with E-state index in [4.69, 9.17) is 9.84 Å². The Morgan fingerprint density at radius 1 is 1.38 bits per heavy atom. The number of pyridine rings is 1. The number of methoxy groups -OCH3 is 1. The Labute approximate surface area is 123 Å². The van der Waals surface area contributed by atoms with Crippen molar-refractivity contribution in [3.63, 3.8) is 0 Å². The van der Waals surface area contributed by atoms with Crippen LogP contribution in [0, 0.1) is 5.92 Å². The van der Waals surface area contributed by atoms with Crippen molar-refractivity contribution in [1.29, 1.82) is 0 Å². The zero-order valence-electron chi connectivity index (χ0n) is 12.3. The number of rotatable bonds is 8. The van der Waals surface area contributed by atoms with Gasteiger partial charge in [-0.1, -0.05) is 19.4 Å². The van der Waals surface area contributed by atoms with Gasteiger partial charge in [-0.2, -0.15) is 0 Å². The average Bonchev–Trinajstić information content (AvgIpc) is 2.49. The number of ether oxygens (including phenoxy) is 1. The van der Waals surface area contributed by atoms with E-state index in [0.717, 1.165) is 12.0 Å². The summed E-state index contributed by atoms with van der Waals surface area (Å²) in [6.07, 6.45) is 2.91. The molecule has 0 aliphatic heterocycles. The standard InChI is InChI=1S/C14H21N3O4/c1-3-4-11(13(18)19)9-17-14(20)16-8-10-5-6-12(21-2)15-7-10/h5-7,11H,3-4,8-9H2,1-2H3,(H,18,19)(H2,16,17,20). The predicted molar refractivity (Wildman–Crippen MR) is 77.1 cm³/mol. The summed E-state index contributed by atoms with van der Waals surface area (Å²) in [4.78, 5) is 26.6. The van der Waals surface area contributed by atoms with Crippen LogP contribution in [-0.2, 0) is 11.3 Å². The van der Waals surface area contributed by atoms with Gasteiger partial charge in [-0.05, 0) is 12.0 Å². The molecule has 2 amide bonds. The number of carbonyl (C=O) groups excluding carboxylic acids is 1. The van der Waals surface area contributed by atoms with Gasteiger partial charge in [0, 0.05) is 25.4 Å². The number of aliphatic carboxylic acids is 1. The number of carboxylic acid groups (broad SMARTS) is 1. The average molecular weight is 295 g/mol. The molecule has 1 aromatic heterocycles. The topological polar surface area (TPSA) is 101 Å². The molecule has 0 saturated heterocycles. The molecule has 1 aromatic rings. The van der Waals surface area contributed by atoms with Crippen LogP contribution in [0.15, 0.2) is 18.3 Å².